The van der Waals surface area contributed by atoms with Crippen LogP contribution in [0, 0.1) is 0 Å². The third-order valence-electron chi connectivity index (χ3n) is 3.82. The van der Waals surface area contributed by atoms with E-state index in [0.29, 0.717) is 26.7 Å². The zero-order chi connectivity index (χ0) is 19.2. The van der Waals surface area contributed by atoms with Crippen molar-refractivity contribution in [3.8, 4) is 11.5 Å². The smallest absolute Gasteiger partial charge is 0.166 e. The molecule has 0 bridgehead atoms. The second-order valence-electron chi connectivity index (χ2n) is 5.71. The molecule has 0 spiro atoms. The summed E-state index contributed by atoms with van der Waals surface area (Å²) in [6.07, 6.45) is 2.40. The molecule has 0 aromatic heterocycles. The highest BCUT2D eigenvalue weighted by atomic mass is 35.5. The fraction of sp³-hybridized carbons (Fsp3) is 0.0476. The molecule has 0 heterocycles. The van der Waals surface area contributed by atoms with E-state index in [1.165, 1.54) is 12.4 Å². The number of aliphatic imine (C=N–C) groups is 2. The van der Waals surface area contributed by atoms with Crippen LogP contribution in [0.15, 0.2) is 76.7 Å². The van der Waals surface area contributed by atoms with Gasteiger partial charge in [-0.15, -0.1) is 0 Å². The zero-order valence-corrected chi connectivity index (χ0v) is 15.6. The van der Waals surface area contributed by atoms with Crippen molar-refractivity contribution >= 4 is 35.6 Å². The molecule has 0 atom stereocenters. The molecule has 0 aliphatic carbocycles. The predicted molar refractivity (Wildman–Crippen MR) is 111 cm³/mol. The zero-order valence-electron chi connectivity index (χ0n) is 14.1. The predicted octanol–water partition coefficient (Wildman–Crippen LogP) is 5.64. The molecule has 136 valence electrons. The molecule has 0 radical (unpaired) electrons. The summed E-state index contributed by atoms with van der Waals surface area (Å²) in [7, 11) is 0. The standard InChI is InChI=1S/C21H16Cl2N2O2/c22-16-9-10-17(18(23)11-16)21(24-12-14-5-1-3-7-19(14)26)25-13-15-6-2-4-8-20(15)27/h1-13,21,26-27H/b24-12+,25-13+. The molecule has 0 unspecified atom stereocenters. The van der Waals surface area contributed by atoms with Gasteiger partial charge in [-0.1, -0.05) is 53.5 Å². The van der Waals surface area contributed by atoms with Gasteiger partial charge in [0.15, 0.2) is 6.17 Å². The van der Waals surface area contributed by atoms with Crippen LogP contribution in [0.2, 0.25) is 10.0 Å². The van der Waals surface area contributed by atoms with Crippen molar-refractivity contribution in [3.63, 3.8) is 0 Å². The van der Waals surface area contributed by atoms with Crippen molar-refractivity contribution in [2.24, 2.45) is 9.98 Å². The summed E-state index contributed by atoms with van der Waals surface area (Å²) in [4.78, 5) is 8.94. The molecule has 2 N–H and O–H groups in total. The van der Waals surface area contributed by atoms with Gasteiger partial charge in [-0.3, -0.25) is 9.98 Å². The van der Waals surface area contributed by atoms with E-state index in [-0.39, 0.29) is 11.5 Å². The lowest BCUT2D eigenvalue weighted by molar-refractivity contribution is 0.474. The summed E-state index contributed by atoms with van der Waals surface area (Å²) in [6.45, 7) is 0. The van der Waals surface area contributed by atoms with E-state index >= 15 is 0 Å². The molecule has 3 rings (SSSR count). The van der Waals surface area contributed by atoms with Gasteiger partial charge in [-0.05, 0) is 36.4 Å². The molecule has 3 aromatic rings. The lowest BCUT2D eigenvalue weighted by Gasteiger charge is -2.11. The maximum absolute atomic E-state index is 9.92. The van der Waals surface area contributed by atoms with Gasteiger partial charge in [0.2, 0.25) is 0 Å². The molecule has 0 aliphatic heterocycles. The maximum Gasteiger partial charge on any atom is 0.166 e. The van der Waals surface area contributed by atoms with Crippen LogP contribution in [-0.4, -0.2) is 22.6 Å². The Morgan fingerprint density at radius 3 is 1.74 bits per heavy atom. The maximum atomic E-state index is 9.92. The number of halogens is 2. The van der Waals surface area contributed by atoms with E-state index in [2.05, 4.69) is 9.98 Å². The molecule has 6 heteroatoms. The van der Waals surface area contributed by atoms with E-state index in [1.807, 2.05) is 0 Å². The van der Waals surface area contributed by atoms with E-state index in [1.54, 1.807) is 66.7 Å². The monoisotopic (exact) mass is 398 g/mol. The Bertz CT molecular complexity index is 947. The van der Waals surface area contributed by atoms with Crippen molar-refractivity contribution in [2.75, 3.05) is 0 Å². The van der Waals surface area contributed by atoms with E-state index in [0.717, 1.165) is 0 Å². The number of aromatic hydroxyl groups is 2. The van der Waals surface area contributed by atoms with Crippen molar-refractivity contribution in [2.45, 2.75) is 6.17 Å². The molecule has 0 aliphatic rings. The Labute approximate surface area is 167 Å². The molecule has 0 saturated heterocycles. The lowest BCUT2D eigenvalue weighted by atomic mass is 10.1. The van der Waals surface area contributed by atoms with Gasteiger partial charge in [0.05, 0.1) is 0 Å². The van der Waals surface area contributed by atoms with Crippen LogP contribution < -0.4 is 0 Å². The number of benzene rings is 3. The molecular weight excluding hydrogens is 383 g/mol. The molecule has 3 aromatic carbocycles. The Morgan fingerprint density at radius 2 is 1.26 bits per heavy atom. The van der Waals surface area contributed by atoms with Crippen LogP contribution >= 0.6 is 23.2 Å². The first-order valence-corrected chi connectivity index (χ1v) is 8.87. The van der Waals surface area contributed by atoms with Crippen LogP contribution in [0.1, 0.15) is 22.9 Å². The van der Waals surface area contributed by atoms with Crippen molar-refractivity contribution < 1.29 is 10.2 Å². The number of phenolic OH excluding ortho intramolecular Hbond substituents is 2. The number of hydrogen-bond acceptors (Lipinski definition) is 4. The molecule has 27 heavy (non-hydrogen) atoms. The number of para-hydroxylation sites is 2. The summed E-state index contributed by atoms with van der Waals surface area (Å²) in [5.41, 5.74) is 1.77. The summed E-state index contributed by atoms with van der Waals surface area (Å²) in [6, 6.07) is 18.8. The minimum absolute atomic E-state index is 0.117. The highest BCUT2D eigenvalue weighted by molar-refractivity contribution is 6.35. The number of phenols is 2. The Kier molecular flexibility index (Phi) is 6.12. The van der Waals surface area contributed by atoms with Crippen LogP contribution in [0.5, 0.6) is 11.5 Å². The highest BCUT2D eigenvalue weighted by Gasteiger charge is 2.12. The van der Waals surface area contributed by atoms with Crippen LogP contribution in [0.4, 0.5) is 0 Å². The number of rotatable bonds is 5. The van der Waals surface area contributed by atoms with E-state index in [4.69, 9.17) is 23.2 Å². The largest absolute Gasteiger partial charge is 0.507 e. The summed E-state index contributed by atoms with van der Waals surface area (Å²) in [5, 5.41) is 20.8. The third kappa shape index (κ3) is 4.88. The third-order valence-corrected chi connectivity index (χ3v) is 4.39. The molecule has 0 fully saturated rings. The highest BCUT2D eigenvalue weighted by Crippen LogP contribution is 2.30. The average Bonchev–Trinajstić information content (AvgIpc) is 2.65. The molecule has 0 saturated carbocycles. The second kappa shape index (κ2) is 8.71. The normalized spacial score (nSPS) is 11.7. The van der Waals surface area contributed by atoms with Crippen molar-refractivity contribution in [1.29, 1.82) is 0 Å². The quantitative estimate of drug-likeness (QED) is 0.545. The van der Waals surface area contributed by atoms with Gasteiger partial charge in [0.1, 0.15) is 11.5 Å². The van der Waals surface area contributed by atoms with Crippen molar-refractivity contribution in [1.82, 2.24) is 0 Å². The van der Waals surface area contributed by atoms with Gasteiger partial charge in [0.25, 0.3) is 0 Å². The molecule has 4 nitrogen and oxygen atoms in total. The topological polar surface area (TPSA) is 65.2 Å². The Morgan fingerprint density at radius 1 is 0.741 bits per heavy atom. The minimum Gasteiger partial charge on any atom is -0.507 e. The number of hydrogen-bond donors (Lipinski definition) is 2. The second-order valence-corrected chi connectivity index (χ2v) is 6.56. The molecule has 0 amide bonds. The van der Waals surface area contributed by atoms with Gasteiger partial charge in [-0.2, -0.15) is 0 Å². The summed E-state index contributed by atoms with van der Waals surface area (Å²) in [5.74, 6) is 0.235. The lowest BCUT2D eigenvalue weighted by Crippen LogP contribution is -1.97. The van der Waals surface area contributed by atoms with Gasteiger partial charge in [0, 0.05) is 39.2 Å². The average molecular weight is 399 g/mol. The minimum atomic E-state index is -0.672. The summed E-state index contributed by atoms with van der Waals surface area (Å²) < 4.78 is 0. The van der Waals surface area contributed by atoms with E-state index in [9.17, 15) is 10.2 Å². The van der Waals surface area contributed by atoms with Gasteiger partial charge >= 0.3 is 0 Å². The fourth-order valence-electron chi connectivity index (χ4n) is 2.41. The van der Waals surface area contributed by atoms with Crippen molar-refractivity contribution in [3.05, 3.63) is 93.5 Å². The van der Waals surface area contributed by atoms with Crippen LogP contribution in [0.3, 0.4) is 0 Å². The van der Waals surface area contributed by atoms with Crippen LogP contribution in [-0.2, 0) is 0 Å². The first kappa shape index (κ1) is 19.0. The van der Waals surface area contributed by atoms with Gasteiger partial charge < -0.3 is 10.2 Å². The fourth-order valence-corrected chi connectivity index (χ4v) is 2.91. The SMILES string of the molecule is Oc1ccccc1/C=N/C(/N=C/c1ccccc1O)c1ccc(Cl)cc1Cl. The molecular formula is C21H16Cl2N2O2. The number of nitrogens with zero attached hydrogens (tertiary/aromatic N) is 2. The summed E-state index contributed by atoms with van der Waals surface area (Å²) >= 11 is 12.3. The van der Waals surface area contributed by atoms with Gasteiger partial charge in [-0.25, -0.2) is 0 Å². The first-order chi connectivity index (χ1) is 13.0. The Balaban J connectivity index is 1.98. The van der Waals surface area contributed by atoms with E-state index < -0.39 is 6.17 Å². The first-order valence-electron chi connectivity index (χ1n) is 8.12. The Hall–Kier alpha value is -2.82. The van der Waals surface area contributed by atoms with Crippen LogP contribution in [0.25, 0.3) is 0 Å².